The average molecular weight is 288 g/mol. The minimum absolute atomic E-state index is 0.0163. The van der Waals surface area contributed by atoms with Crippen LogP contribution in [0.4, 0.5) is 0 Å². The maximum Gasteiger partial charge on any atom is 0.242 e. The van der Waals surface area contributed by atoms with Crippen LogP contribution in [-0.2, 0) is 16.1 Å². The highest BCUT2D eigenvalue weighted by Gasteiger charge is 2.31. The summed E-state index contributed by atoms with van der Waals surface area (Å²) in [5.74, 6) is -0.0805. The quantitative estimate of drug-likeness (QED) is 0.924. The Kier molecular flexibility index (Phi) is 5.37. The van der Waals surface area contributed by atoms with Gasteiger partial charge in [0, 0.05) is 19.0 Å². The van der Waals surface area contributed by atoms with E-state index in [1.54, 1.807) is 4.90 Å². The third-order valence-corrected chi connectivity index (χ3v) is 3.86. The number of hydrogen-bond acceptors (Lipinski definition) is 2. The Hall–Kier alpha value is -1.84. The first kappa shape index (κ1) is 15.5. The Bertz CT molecular complexity index is 485. The van der Waals surface area contributed by atoms with Crippen molar-refractivity contribution in [2.24, 2.45) is 5.92 Å². The molecule has 2 amide bonds. The molecule has 1 heterocycles. The molecule has 0 radical (unpaired) electrons. The summed E-state index contributed by atoms with van der Waals surface area (Å²) >= 11 is 0. The molecule has 0 bridgehead atoms. The number of hydrogen-bond donors (Lipinski definition) is 1. The smallest absolute Gasteiger partial charge is 0.242 e. The summed E-state index contributed by atoms with van der Waals surface area (Å²) in [6.07, 6.45) is 2.70. The van der Waals surface area contributed by atoms with E-state index >= 15 is 0 Å². The van der Waals surface area contributed by atoms with Crippen molar-refractivity contribution >= 4 is 11.8 Å². The van der Waals surface area contributed by atoms with Crippen LogP contribution in [0.25, 0.3) is 0 Å². The fourth-order valence-corrected chi connectivity index (χ4v) is 2.67. The second-order valence-electron chi connectivity index (χ2n) is 5.91. The zero-order valence-electron chi connectivity index (χ0n) is 12.8. The summed E-state index contributed by atoms with van der Waals surface area (Å²) in [6.45, 7) is 4.98. The molecule has 114 valence electrons. The molecule has 21 heavy (non-hydrogen) atoms. The Labute approximate surface area is 126 Å². The number of carbonyl (C=O) groups excluding carboxylic acids is 2. The van der Waals surface area contributed by atoms with Crippen molar-refractivity contribution in [1.29, 1.82) is 0 Å². The molecule has 4 nitrogen and oxygen atoms in total. The largest absolute Gasteiger partial charge is 0.354 e. The van der Waals surface area contributed by atoms with Crippen LogP contribution in [0.15, 0.2) is 30.3 Å². The van der Waals surface area contributed by atoms with Gasteiger partial charge in [0.05, 0.1) is 0 Å². The second kappa shape index (κ2) is 7.25. The van der Waals surface area contributed by atoms with Gasteiger partial charge in [-0.15, -0.1) is 0 Å². The first-order valence-electron chi connectivity index (χ1n) is 7.71. The molecular weight excluding hydrogens is 264 g/mol. The highest BCUT2D eigenvalue weighted by molar-refractivity contribution is 5.88. The van der Waals surface area contributed by atoms with Gasteiger partial charge in [0.25, 0.3) is 0 Å². The highest BCUT2D eigenvalue weighted by atomic mass is 16.2. The maximum absolute atomic E-state index is 12.6. The molecule has 1 aliphatic rings. The molecule has 0 spiro atoms. The molecule has 4 heteroatoms. The lowest BCUT2D eigenvalue weighted by atomic mass is 10.0. The Morgan fingerprint density at radius 3 is 2.67 bits per heavy atom. The minimum Gasteiger partial charge on any atom is -0.354 e. The predicted octanol–water partition coefficient (Wildman–Crippen LogP) is 2.34. The van der Waals surface area contributed by atoms with Crippen molar-refractivity contribution < 1.29 is 9.59 Å². The van der Waals surface area contributed by atoms with Crippen LogP contribution >= 0.6 is 0 Å². The van der Waals surface area contributed by atoms with Gasteiger partial charge in [-0.1, -0.05) is 44.2 Å². The first-order chi connectivity index (χ1) is 10.1. The zero-order chi connectivity index (χ0) is 15.2. The van der Waals surface area contributed by atoms with E-state index in [1.165, 1.54) is 0 Å². The SMILES string of the molecule is CC(C)C(=O)N(Cc1ccccc1)C1CCCCNC1=O. The van der Waals surface area contributed by atoms with Crippen molar-refractivity contribution in [2.75, 3.05) is 6.54 Å². The number of nitrogens with one attached hydrogen (secondary N) is 1. The Morgan fingerprint density at radius 1 is 1.29 bits per heavy atom. The van der Waals surface area contributed by atoms with Gasteiger partial charge < -0.3 is 10.2 Å². The lowest BCUT2D eigenvalue weighted by molar-refractivity contribution is -0.143. The van der Waals surface area contributed by atoms with Gasteiger partial charge in [0.15, 0.2) is 0 Å². The molecule has 1 aromatic rings. The predicted molar refractivity (Wildman–Crippen MR) is 82.5 cm³/mol. The van der Waals surface area contributed by atoms with Crippen LogP contribution in [-0.4, -0.2) is 29.3 Å². The fraction of sp³-hybridized carbons (Fsp3) is 0.529. The van der Waals surface area contributed by atoms with Crippen LogP contribution in [0.3, 0.4) is 0 Å². The number of amides is 2. The van der Waals surface area contributed by atoms with Crippen LogP contribution < -0.4 is 5.32 Å². The average Bonchev–Trinajstić information content (AvgIpc) is 2.70. The standard InChI is InChI=1S/C17H24N2O2/c1-13(2)17(21)19(12-14-8-4-3-5-9-14)15-10-6-7-11-18-16(15)20/h3-5,8-9,13,15H,6-7,10-12H2,1-2H3,(H,18,20). The van der Waals surface area contributed by atoms with E-state index in [2.05, 4.69) is 5.32 Å². The first-order valence-corrected chi connectivity index (χ1v) is 7.71. The van der Waals surface area contributed by atoms with Crippen LogP contribution in [0.1, 0.15) is 38.7 Å². The van der Waals surface area contributed by atoms with Crippen molar-refractivity contribution in [3.8, 4) is 0 Å². The normalized spacial score (nSPS) is 19.0. The topological polar surface area (TPSA) is 49.4 Å². The van der Waals surface area contributed by atoms with E-state index in [-0.39, 0.29) is 23.8 Å². The fourth-order valence-electron chi connectivity index (χ4n) is 2.67. The number of nitrogens with zero attached hydrogens (tertiary/aromatic N) is 1. The number of benzene rings is 1. The molecule has 0 aliphatic carbocycles. The highest BCUT2D eigenvalue weighted by Crippen LogP contribution is 2.18. The number of carbonyl (C=O) groups is 2. The van der Waals surface area contributed by atoms with Gasteiger partial charge in [-0.2, -0.15) is 0 Å². The maximum atomic E-state index is 12.6. The van der Waals surface area contributed by atoms with E-state index in [9.17, 15) is 9.59 Å². The van der Waals surface area contributed by atoms with Gasteiger partial charge in [0.1, 0.15) is 6.04 Å². The summed E-state index contributed by atoms with van der Waals surface area (Å²) < 4.78 is 0. The molecular formula is C17H24N2O2. The van der Waals surface area contributed by atoms with Crippen LogP contribution in [0.5, 0.6) is 0 Å². The van der Waals surface area contributed by atoms with Crippen molar-refractivity contribution in [3.63, 3.8) is 0 Å². The summed E-state index contributed by atoms with van der Waals surface area (Å²) in [7, 11) is 0. The Balaban J connectivity index is 2.22. The molecule has 1 aromatic carbocycles. The summed E-state index contributed by atoms with van der Waals surface area (Å²) in [6, 6.07) is 9.52. The summed E-state index contributed by atoms with van der Waals surface area (Å²) in [5, 5.41) is 2.92. The third-order valence-electron chi connectivity index (χ3n) is 3.86. The van der Waals surface area contributed by atoms with E-state index in [0.29, 0.717) is 13.1 Å². The van der Waals surface area contributed by atoms with Gasteiger partial charge in [-0.05, 0) is 24.8 Å². The van der Waals surface area contributed by atoms with E-state index in [0.717, 1.165) is 24.8 Å². The molecule has 1 N–H and O–H groups in total. The Morgan fingerprint density at radius 2 is 2.00 bits per heavy atom. The molecule has 0 aromatic heterocycles. The summed E-state index contributed by atoms with van der Waals surface area (Å²) in [4.78, 5) is 26.6. The van der Waals surface area contributed by atoms with Crippen molar-refractivity contribution in [3.05, 3.63) is 35.9 Å². The monoisotopic (exact) mass is 288 g/mol. The molecule has 0 saturated carbocycles. The second-order valence-corrected chi connectivity index (χ2v) is 5.91. The van der Waals surface area contributed by atoms with Crippen molar-refractivity contribution in [2.45, 2.75) is 45.7 Å². The van der Waals surface area contributed by atoms with Crippen molar-refractivity contribution in [1.82, 2.24) is 10.2 Å². The van der Waals surface area contributed by atoms with Crippen LogP contribution in [0, 0.1) is 5.92 Å². The molecule has 1 saturated heterocycles. The number of rotatable bonds is 4. The third kappa shape index (κ3) is 4.06. The van der Waals surface area contributed by atoms with Gasteiger partial charge >= 0.3 is 0 Å². The molecule has 1 aliphatic heterocycles. The lowest BCUT2D eigenvalue weighted by Crippen LogP contribution is -2.49. The molecule has 1 fully saturated rings. The van der Waals surface area contributed by atoms with Gasteiger partial charge in [-0.3, -0.25) is 9.59 Å². The molecule has 1 unspecified atom stereocenters. The summed E-state index contributed by atoms with van der Waals surface area (Å²) in [5.41, 5.74) is 1.06. The minimum atomic E-state index is -0.345. The van der Waals surface area contributed by atoms with E-state index in [4.69, 9.17) is 0 Å². The van der Waals surface area contributed by atoms with E-state index < -0.39 is 0 Å². The zero-order valence-corrected chi connectivity index (χ0v) is 12.8. The van der Waals surface area contributed by atoms with Gasteiger partial charge in [0.2, 0.25) is 11.8 Å². The molecule has 1 atom stereocenters. The van der Waals surface area contributed by atoms with Gasteiger partial charge in [-0.25, -0.2) is 0 Å². The van der Waals surface area contributed by atoms with Crippen LogP contribution in [0.2, 0.25) is 0 Å². The molecule has 2 rings (SSSR count). The lowest BCUT2D eigenvalue weighted by Gasteiger charge is -2.31. The van der Waals surface area contributed by atoms with E-state index in [1.807, 2.05) is 44.2 Å².